The summed E-state index contributed by atoms with van der Waals surface area (Å²) in [6.45, 7) is 3.31. The van der Waals surface area contributed by atoms with E-state index >= 15 is 0 Å². The fraction of sp³-hybridized carbons (Fsp3) is 0.182. The molecule has 3 rings (SSSR count). The zero-order chi connectivity index (χ0) is 19.1. The van der Waals surface area contributed by atoms with Crippen LogP contribution < -0.4 is 10.6 Å². The highest BCUT2D eigenvalue weighted by molar-refractivity contribution is 6.30. The van der Waals surface area contributed by atoms with E-state index in [4.69, 9.17) is 11.6 Å². The molecule has 5 heteroatoms. The first-order valence-electron chi connectivity index (χ1n) is 8.88. The Morgan fingerprint density at radius 2 is 1.67 bits per heavy atom. The summed E-state index contributed by atoms with van der Waals surface area (Å²) in [5.74, 6) is -0.178. The van der Waals surface area contributed by atoms with E-state index in [0.717, 1.165) is 29.2 Å². The number of anilines is 1. The van der Waals surface area contributed by atoms with Gasteiger partial charge in [-0.15, -0.1) is 0 Å². The lowest BCUT2D eigenvalue weighted by molar-refractivity contribution is 0.0946. The quantitative estimate of drug-likeness (QED) is 0.629. The van der Waals surface area contributed by atoms with Crippen LogP contribution in [0.4, 0.5) is 5.69 Å². The van der Waals surface area contributed by atoms with Gasteiger partial charge >= 0.3 is 0 Å². The van der Waals surface area contributed by atoms with Crippen LogP contribution in [0.2, 0.25) is 5.02 Å². The third-order valence-electron chi connectivity index (χ3n) is 4.23. The number of nitrogens with zero attached hydrogens (tertiary/aromatic N) is 1. The highest BCUT2D eigenvalue weighted by Crippen LogP contribution is 2.11. The van der Waals surface area contributed by atoms with Gasteiger partial charge in [0.2, 0.25) is 0 Å². The maximum absolute atomic E-state index is 12.2. The van der Waals surface area contributed by atoms with Crippen LogP contribution in [0.3, 0.4) is 0 Å². The number of carbonyl (C=O) groups is 1. The molecule has 4 nitrogen and oxygen atoms in total. The van der Waals surface area contributed by atoms with Gasteiger partial charge in [-0.2, -0.15) is 0 Å². The minimum absolute atomic E-state index is 0.178. The molecule has 2 aromatic carbocycles. The summed E-state index contributed by atoms with van der Waals surface area (Å²) in [4.78, 5) is 16.5. The van der Waals surface area contributed by atoms with Gasteiger partial charge in [0.25, 0.3) is 5.91 Å². The van der Waals surface area contributed by atoms with Crippen molar-refractivity contribution in [2.45, 2.75) is 19.9 Å². The van der Waals surface area contributed by atoms with Crippen LogP contribution in [-0.2, 0) is 13.0 Å². The second-order valence-corrected chi connectivity index (χ2v) is 6.84. The highest BCUT2D eigenvalue weighted by Gasteiger charge is 2.07. The molecule has 1 aromatic heterocycles. The monoisotopic (exact) mass is 379 g/mol. The molecule has 27 heavy (non-hydrogen) atoms. The van der Waals surface area contributed by atoms with Crippen LogP contribution in [-0.4, -0.2) is 17.4 Å². The zero-order valence-electron chi connectivity index (χ0n) is 15.2. The van der Waals surface area contributed by atoms with Gasteiger partial charge in [0, 0.05) is 18.1 Å². The summed E-state index contributed by atoms with van der Waals surface area (Å²) in [5.41, 5.74) is 4.77. The molecule has 0 radical (unpaired) electrons. The molecule has 0 aliphatic heterocycles. The Bertz CT molecular complexity index is 875. The number of aryl methyl sites for hydroxylation is 1. The van der Waals surface area contributed by atoms with Crippen molar-refractivity contribution in [3.05, 3.63) is 94.3 Å². The maximum atomic E-state index is 12.2. The molecular formula is C22H22ClN3O. The Hall–Kier alpha value is -2.85. The molecule has 3 aromatic rings. The zero-order valence-corrected chi connectivity index (χ0v) is 16.0. The number of halogens is 1. The molecule has 0 fully saturated rings. The van der Waals surface area contributed by atoms with Gasteiger partial charge in [-0.1, -0.05) is 53.6 Å². The average Bonchev–Trinajstić information content (AvgIpc) is 2.69. The van der Waals surface area contributed by atoms with E-state index in [1.54, 1.807) is 12.3 Å². The number of amides is 1. The number of benzene rings is 2. The van der Waals surface area contributed by atoms with Gasteiger partial charge in [0.15, 0.2) is 0 Å². The molecule has 0 spiro atoms. The van der Waals surface area contributed by atoms with E-state index in [0.29, 0.717) is 12.2 Å². The van der Waals surface area contributed by atoms with Crippen molar-refractivity contribution in [2.75, 3.05) is 11.9 Å². The molecule has 0 aliphatic carbocycles. The Morgan fingerprint density at radius 1 is 0.963 bits per heavy atom. The Labute approximate surface area is 164 Å². The summed E-state index contributed by atoms with van der Waals surface area (Å²) in [7, 11) is 0. The Kier molecular flexibility index (Phi) is 6.44. The predicted octanol–water partition coefficient (Wildman–Crippen LogP) is 4.63. The number of nitrogens with one attached hydrogen (secondary N) is 2. The van der Waals surface area contributed by atoms with Gasteiger partial charge < -0.3 is 10.6 Å². The summed E-state index contributed by atoms with van der Waals surface area (Å²) < 4.78 is 0. The van der Waals surface area contributed by atoms with Crippen LogP contribution in [0.25, 0.3) is 0 Å². The first-order valence-corrected chi connectivity index (χ1v) is 9.26. The molecule has 0 unspecified atom stereocenters. The first kappa shape index (κ1) is 18.9. The molecule has 0 atom stereocenters. The van der Waals surface area contributed by atoms with Crippen LogP contribution in [0, 0.1) is 6.92 Å². The van der Waals surface area contributed by atoms with Crippen molar-refractivity contribution >= 4 is 23.2 Å². The number of carbonyl (C=O) groups excluding carboxylic acids is 1. The standard InChI is InChI=1S/C22H22ClN3O/c1-16-2-4-18(5-3-16)14-26-22(27)21-11-10-20(15-25-21)24-13-12-17-6-8-19(23)9-7-17/h2-11,15,24H,12-14H2,1H3,(H,26,27). The Morgan fingerprint density at radius 3 is 2.33 bits per heavy atom. The number of hydrogen-bond donors (Lipinski definition) is 2. The number of pyridine rings is 1. The SMILES string of the molecule is Cc1ccc(CNC(=O)c2ccc(NCCc3ccc(Cl)cc3)cn2)cc1. The summed E-state index contributed by atoms with van der Waals surface area (Å²) in [6.07, 6.45) is 2.57. The summed E-state index contributed by atoms with van der Waals surface area (Å²) in [5, 5.41) is 6.94. The maximum Gasteiger partial charge on any atom is 0.270 e. The third kappa shape index (κ3) is 5.83. The molecular weight excluding hydrogens is 358 g/mol. The van der Waals surface area contributed by atoms with Gasteiger partial charge in [-0.3, -0.25) is 4.79 Å². The first-order chi connectivity index (χ1) is 13.1. The van der Waals surface area contributed by atoms with Crippen LogP contribution in [0.5, 0.6) is 0 Å². The van der Waals surface area contributed by atoms with E-state index in [-0.39, 0.29) is 5.91 Å². The van der Waals surface area contributed by atoms with Gasteiger partial charge in [-0.25, -0.2) is 4.98 Å². The lowest BCUT2D eigenvalue weighted by Gasteiger charge is -2.08. The van der Waals surface area contributed by atoms with Gasteiger partial charge in [0.05, 0.1) is 11.9 Å². The Balaban J connectivity index is 1.46. The van der Waals surface area contributed by atoms with E-state index in [1.165, 1.54) is 11.1 Å². The molecule has 0 bridgehead atoms. The molecule has 0 saturated heterocycles. The lowest BCUT2D eigenvalue weighted by Crippen LogP contribution is -2.23. The van der Waals surface area contributed by atoms with Crippen LogP contribution >= 0.6 is 11.6 Å². The molecule has 1 amide bonds. The van der Waals surface area contributed by atoms with Gasteiger partial charge in [-0.05, 0) is 48.7 Å². The van der Waals surface area contributed by atoms with Crippen molar-refractivity contribution in [1.82, 2.24) is 10.3 Å². The molecule has 0 saturated carbocycles. The van der Waals surface area contributed by atoms with E-state index in [2.05, 4.69) is 15.6 Å². The van der Waals surface area contributed by atoms with E-state index < -0.39 is 0 Å². The van der Waals surface area contributed by atoms with Crippen molar-refractivity contribution in [1.29, 1.82) is 0 Å². The highest BCUT2D eigenvalue weighted by atomic mass is 35.5. The third-order valence-corrected chi connectivity index (χ3v) is 4.48. The number of aromatic nitrogens is 1. The predicted molar refractivity (Wildman–Crippen MR) is 110 cm³/mol. The van der Waals surface area contributed by atoms with Crippen molar-refractivity contribution in [3.63, 3.8) is 0 Å². The normalized spacial score (nSPS) is 10.4. The minimum Gasteiger partial charge on any atom is -0.383 e. The fourth-order valence-corrected chi connectivity index (χ4v) is 2.74. The summed E-state index contributed by atoms with van der Waals surface area (Å²) in [6, 6.07) is 19.5. The van der Waals surface area contributed by atoms with Crippen molar-refractivity contribution in [2.24, 2.45) is 0 Å². The van der Waals surface area contributed by atoms with Crippen LogP contribution in [0.1, 0.15) is 27.2 Å². The largest absolute Gasteiger partial charge is 0.383 e. The molecule has 0 aliphatic rings. The second-order valence-electron chi connectivity index (χ2n) is 6.40. The second kappa shape index (κ2) is 9.19. The molecule has 1 heterocycles. The van der Waals surface area contributed by atoms with Crippen molar-refractivity contribution < 1.29 is 4.79 Å². The van der Waals surface area contributed by atoms with E-state index in [1.807, 2.05) is 61.5 Å². The number of rotatable bonds is 7. The lowest BCUT2D eigenvalue weighted by atomic mass is 10.1. The fourth-order valence-electron chi connectivity index (χ4n) is 2.61. The minimum atomic E-state index is -0.178. The summed E-state index contributed by atoms with van der Waals surface area (Å²) >= 11 is 5.89. The van der Waals surface area contributed by atoms with Crippen LogP contribution in [0.15, 0.2) is 66.9 Å². The van der Waals surface area contributed by atoms with E-state index in [9.17, 15) is 4.79 Å². The smallest absolute Gasteiger partial charge is 0.270 e. The topological polar surface area (TPSA) is 54.0 Å². The molecule has 138 valence electrons. The molecule has 2 N–H and O–H groups in total. The van der Waals surface area contributed by atoms with Crippen molar-refractivity contribution in [3.8, 4) is 0 Å². The number of hydrogen-bond acceptors (Lipinski definition) is 3. The van der Waals surface area contributed by atoms with Gasteiger partial charge in [0.1, 0.15) is 5.69 Å². The average molecular weight is 380 g/mol.